The SMILES string of the molecule is NNC(c1cnccc1N)C1CN2CCCC2CO1. The van der Waals surface area contributed by atoms with E-state index in [1.807, 2.05) is 0 Å². The van der Waals surface area contributed by atoms with Crippen LogP contribution in [0.2, 0.25) is 0 Å². The molecule has 3 unspecified atom stereocenters. The zero-order valence-corrected chi connectivity index (χ0v) is 11.0. The van der Waals surface area contributed by atoms with E-state index in [9.17, 15) is 0 Å². The molecular weight excluding hydrogens is 242 g/mol. The fraction of sp³-hybridized carbons (Fsp3) is 0.615. The van der Waals surface area contributed by atoms with E-state index in [4.69, 9.17) is 16.3 Å². The molecule has 0 saturated carbocycles. The average Bonchev–Trinajstić information content (AvgIpc) is 2.89. The smallest absolute Gasteiger partial charge is 0.0911 e. The van der Waals surface area contributed by atoms with Gasteiger partial charge in [0.25, 0.3) is 0 Å². The maximum absolute atomic E-state index is 6.01. The predicted molar refractivity (Wildman–Crippen MR) is 73.0 cm³/mol. The molecule has 0 aliphatic carbocycles. The highest BCUT2D eigenvalue weighted by Gasteiger charge is 2.36. The number of hydrazine groups is 1. The zero-order valence-electron chi connectivity index (χ0n) is 11.0. The van der Waals surface area contributed by atoms with Crippen LogP contribution in [0.25, 0.3) is 0 Å². The molecule has 3 rings (SSSR count). The number of fused-ring (bicyclic) bond motifs is 1. The van der Waals surface area contributed by atoms with Crippen LogP contribution >= 0.6 is 0 Å². The summed E-state index contributed by atoms with van der Waals surface area (Å²) in [6.07, 6.45) is 5.97. The molecule has 104 valence electrons. The molecule has 19 heavy (non-hydrogen) atoms. The van der Waals surface area contributed by atoms with Crippen LogP contribution in [0.1, 0.15) is 24.4 Å². The topological polar surface area (TPSA) is 89.4 Å². The molecule has 6 heteroatoms. The molecule has 1 aromatic heterocycles. The van der Waals surface area contributed by atoms with Crippen LogP contribution in [0, 0.1) is 0 Å². The van der Waals surface area contributed by atoms with Crippen LogP contribution in [0.3, 0.4) is 0 Å². The minimum atomic E-state index is -0.116. The summed E-state index contributed by atoms with van der Waals surface area (Å²) in [7, 11) is 0. The van der Waals surface area contributed by atoms with E-state index in [0.717, 1.165) is 25.3 Å². The van der Waals surface area contributed by atoms with Crippen LogP contribution in [-0.4, -0.2) is 41.7 Å². The van der Waals surface area contributed by atoms with Gasteiger partial charge in [0.1, 0.15) is 0 Å². The number of morpholine rings is 1. The first kappa shape index (κ1) is 12.8. The Hall–Kier alpha value is -1.21. The van der Waals surface area contributed by atoms with Crippen LogP contribution in [0.15, 0.2) is 18.5 Å². The average molecular weight is 263 g/mol. The van der Waals surface area contributed by atoms with Crippen molar-refractivity contribution < 1.29 is 4.74 Å². The van der Waals surface area contributed by atoms with Crippen LogP contribution in [0.4, 0.5) is 5.69 Å². The molecule has 6 nitrogen and oxygen atoms in total. The van der Waals surface area contributed by atoms with Crippen molar-refractivity contribution in [1.82, 2.24) is 15.3 Å². The summed E-state index contributed by atoms with van der Waals surface area (Å²) in [6, 6.07) is 2.26. The van der Waals surface area contributed by atoms with Gasteiger partial charge in [-0.3, -0.25) is 21.2 Å². The first-order chi connectivity index (χ1) is 9.29. The number of anilines is 1. The van der Waals surface area contributed by atoms with E-state index in [-0.39, 0.29) is 12.1 Å². The van der Waals surface area contributed by atoms with Gasteiger partial charge in [0, 0.05) is 36.2 Å². The molecule has 0 spiro atoms. The van der Waals surface area contributed by atoms with E-state index in [1.165, 1.54) is 12.8 Å². The number of aromatic nitrogens is 1. The van der Waals surface area contributed by atoms with Gasteiger partial charge in [0.2, 0.25) is 0 Å². The van der Waals surface area contributed by atoms with Crippen molar-refractivity contribution in [3.8, 4) is 0 Å². The monoisotopic (exact) mass is 263 g/mol. The molecule has 3 atom stereocenters. The first-order valence-corrected chi connectivity index (χ1v) is 6.80. The summed E-state index contributed by atoms with van der Waals surface area (Å²) in [5.74, 6) is 5.71. The molecule has 2 aliphatic heterocycles. The number of hydrogen-bond acceptors (Lipinski definition) is 6. The van der Waals surface area contributed by atoms with Crippen LogP contribution in [0.5, 0.6) is 0 Å². The summed E-state index contributed by atoms with van der Waals surface area (Å²) in [6.45, 7) is 2.83. The lowest BCUT2D eigenvalue weighted by atomic mass is 10.00. The molecule has 2 aliphatic rings. The van der Waals surface area contributed by atoms with Gasteiger partial charge in [-0.1, -0.05) is 0 Å². The summed E-state index contributed by atoms with van der Waals surface area (Å²) < 4.78 is 5.99. The normalized spacial score (nSPS) is 29.1. The van der Waals surface area contributed by atoms with Gasteiger partial charge in [0.05, 0.1) is 18.8 Å². The molecule has 3 heterocycles. The molecule has 0 radical (unpaired) electrons. The molecule has 5 N–H and O–H groups in total. The minimum absolute atomic E-state index is 0.0193. The maximum Gasteiger partial charge on any atom is 0.0911 e. The molecule has 2 saturated heterocycles. The van der Waals surface area contributed by atoms with Gasteiger partial charge in [-0.25, -0.2) is 0 Å². The predicted octanol–water partition coefficient (Wildman–Crippen LogP) is 0.0314. The Bertz CT molecular complexity index is 441. The molecule has 0 amide bonds. The highest BCUT2D eigenvalue weighted by atomic mass is 16.5. The minimum Gasteiger partial charge on any atom is -0.398 e. The van der Waals surface area contributed by atoms with Gasteiger partial charge in [-0.15, -0.1) is 0 Å². The fourth-order valence-electron chi connectivity index (χ4n) is 3.12. The first-order valence-electron chi connectivity index (χ1n) is 6.80. The second-order valence-corrected chi connectivity index (χ2v) is 5.31. The van der Waals surface area contributed by atoms with Gasteiger partial charge in [-0.05, 0) is 25.5 Å². The highest BCUT2D eigenvalue weighted by molar-refractivity contribution is 5.46. The van der Waals surface area contributed by atoms with Crippen molar-refractivity contribution in [2.24, 2.45) is 5.84 Å². The molecule has 0 aromatic carbocycles. The fourth-order valence-corrected chi connectivity index (χ4v) is 3.12. The van der Waals surface area contributed by atoms with E-state index < -0.39 is 0 Å². The second kappa shape index (κ2) is 5.42. The Labute approximate surface area is 113 Å². The van der Waals surface area contributed by atoms with Crippen LogP contribution < -0.4 is 17.0 Å². The molecular formula is C13H21N5O. The summed E-state index contributed by atoms with van der Waals surface area (Å²) >= 11 is 0. The third kappa shape index (κ3) is 2.44. The lowest BCUT2D eigenvalue weighted by Gasteiger charge is -2.38. The van der Waals surface area contributed by atoms with Gasteiger partial charge >= 0.3 is 0 Å². The number of nitrogen functional groups attached to an aromatic ring is 1. The van der Waals surface area contributed by atoms with Crippen molar-refractivity contribution in [3.05, 3.63) is 24.0 Å². The van der Waals surface area contributed by atoms with Gasteiger partial charge in [0.15, 0.2) is 0 Å². The summed E-state index contributed by atoms with van der Waals surface area (Å²) in [4.78, 5) is 6.62. The summed E-state index contributed by atoms with van der Waals surface area (Å²) in [5.41, 5.74) is 10.5. The number of nitrogens with two attached hydrogens (primary N) is 2. The van der Waals surface area contributed by atoms with Crippen LogP contribution in [-0.2, 0) is 4.74 Å². The number of hydrogen-bond donors (Lipinski definition) is 3. The van der Waals surface area contributed by atoms with Crippen molar-refractivity contribution in [2.45, 2.75) is 31.0 Å². The van der Waals surface area contributed by atoms with E-state index in [1.54, 1.807) is 18.5 Å². The Balaban J connectivity index is 1.77. The van der Waals surface area contributed by atoms with Crippen molar-refractivity contribution in [3.63, 3.8) is 0 Å². The third-order valence-corrected chi connectivity index (χ3v) is 4.19. The van der Waals surface area contributed by atoms with E-state index in [2.05, 4.69) is 15.3 Å². The third-order valence-electron chi connectivity index (χ3n) is 4.19. The molecule has 2 fully saturated rings. The van der Waals surface area contributed by atoms with Gasteiger partial charge < -0.3 is 10.5 Å². The molecule has 1 aromatic rings. The van der Waals surface area contributed by atoms with Crippen molar-refractivity contribution in [1.29, 1.82) is 0 Å². The molecule has 0 bridgehead atoms. The standard InChI is InChI=1S/C13H21N5O/c14-11-3-4-16-6-10(11)13(17-15)12-7-18-5-1-2-9(18)8-19-12/h3-4,6,9,12-13,17H,1-2,5,7-8,15H2,(H2,14,16). The van der Waals surface area contributed by atoms with E-state index >= 15 is 0 Å². The number of ether oxygens (including phenoxy) is 1. The van der Waals surface area contributed by atoms with Crippen molar-refractivity contribution in [2.75, 3.05) is 25.4 Å². The number of rotatable bonds is 3. The highest BCUT2D eigenvalue weighted by Crippen LogP contribution is 2.30. The van der Waals surface area contributed by atoms with Crippen molar-refractivity contribution >= 4 is 5.69 Å². The maximum atomic E-state index is 6.01. The zero-order chi connectivity index (χ0) is 13.2. The number of nitrogens with one attached hydrogen (secondary N) is 1. The Morgan fingerprint density at radius 2 is 2.42 bits per heavy atom. The Kier molecular flexibility index (Phi) is 3.65. The lowest BCUT2D eigenvalue weighted by Crippen LogP contribution is -2.51. The van der Waals surface area contributed by atoms with Gasteiger partial charge in [-0.2, -0.15) is 0 Å². The Morgan fingerprint density at radius 1 is 1.53 bits per heavy atom. The number of pyridine rings is 1. The lowest BCUT2D eigenvalue weighted by molar-refractivity contribution is -0.0652. The largest absolute Gasteiger partial charge is 0.398 e. The quantitative estimate of drug-likeness (QED) is 0.527. The second-order valence-electron chi connectivity index (χ2n) is 5.31. The Morgan fingerprint density at radius 3 is 3.21 bits per heavy atom. The van der Waals surface area contributed by atoms with E-state index in [0.29, 0.717) is 11.7 Å². The number of nitrogens with zero attached hydrogens (tertiary/aromatic N) is 2. The summed E-state index contributed by atoms with van der Waals surface area (Å²) in [5, 5.41) is 0.